The standard InChI is InChI=1S/C60H39NO/c1-2-13-40(14-3-1)41-25-27-42(28-26-41)43-29-34-47(35-30-43)61(48-36-31-45(32-37-48)56-39-46-16-5-6-17-49(46)51-19-8-9-20-52(51)56)57-23-11-10-21-53(57)54-22-12-24-58-59(54)55-38-33-44-15-4-7-18-50(44)60(55)62-58/h1-39H/i1D,2D,3D,13D,14D,25D,26D,27D,28D,29D,30D,31D,32D,34D,35D,36D,37D. The van der Waals surface area contributed by atoms with Crippen molar-refractivity contribution < 1.29 is 27.7 Å². The van der Waals surface area contributed by atoms with Gasteiger partial charge in [0, 0.05) is 33.1 Å². The number of hydrogen-bond donors (Lipinski definition) is 0. The Morgan fingerprint density at radius 3 is 1.63 bits per heavy atom. The molecule has 0 aliphatic carbocycles. The fourth-order valence-corrected chi connectivity index (χ4v) is 8.32. The van der Waals surface area contributed by atoms with E-state index in [9.17, 15) is 13.7 Å². The summed E-state index contributed by atoms with van der Waals surface area (Å²) >= 11 is 0. The van der Waals surface area contributed by atoms with E-state index in [4.69, 9.17) is 14.0 Å². The quantitative estimate of drug-likeness (QED) is 0.149. The summed E-state index contributed by atoms with van der Waals surface area (Å²) in [6.45, 7) is 0. The molecule has 0 aliphatic rings. The number of para-hydroxylation sites is 1. The van der Waals surface area contributed by atoms with Crippen molar-refractivity contribution >= 4 is 71.3 Å². The van der Waals surface area contributed by atoms with Gasteiger partial charge in [-0.1, -0.05) is 188 Å². The molecule has 2 heteroatoms. The van der Waals surface area contributed by atoms with Gasteiger partial charge in [-0.05, 0) is 114 Å². The van der Waals surface area contributed by atoms with Crippen LogP contribution in [0.25, 0.3) is 98.8 Å². The van der Waals surface area contributed by atoms with Gasteiger partial charge in [0.15, 0.2) is 0 Å². The monoisotopic (exact) mass is 806 g/mol. The van der Waals surface area contributed by atoms with Crippen LogP contribution in [0, 0.1) is 0 Å². The number of hydrogen-bond acceptors (Lipinski definition) is 2. The van der Waals surface area contributed by atoms with Gasteiger partial charge in [0.1, 0.15) is 11.2 Å². The number of benzene rings is 11. The maximum Gasteiger partial charge on any atom is 0.143 e. The van der Waals surface area contributed by atoms with Crippen molar-refractivity contribution in [2.24, 2.45) is 0 Å². The molecule has 0 saturated carbocycles. The smallest absolute Gasteiger partial charge is 0.143 e. The summed E-state index contributed by atoms with van der Waals surface area (Å²) in [5.41, 5.74) is -0.993. The van der Waals surface area contributed by atoms with Gasteiger partial charge in [0.05, 0.1) is 29.0 Å². The molecule has 0 atom stereocenters. The Labute approximate surface area is 384 Å². The maximum absolute atomic E-state index is 9.96. The number of nitrogens with zero attached hydrogens (tertiary/aromatic N) is 1. The third kappa shape index (κ3) is 6.04. The highest BCUT2D eigenvalue weighted by atomic mass is 16.3. The molecule has 1 heterocycles. The van der Waals surface area contributed by atoms with Gasteiger partial charge < -0.3 is 9.32 Å². The first-order chi connectivity index (χ1) is 37.8. The highest BCUT2D eigenvalue weighted by molar-refractivity contribution is 6.20. The Morgan fingerprint density at radius 2 is 0.903 bits per heavy atom. The lowest BCUT2D eigenvalue weighted by molar-refractivity contribution is 0.673. The fraction of sp³-hybridized carbons (Fsp3) is 0. The van der Waals surface area contributed by atoms with Crippen molar-refractivity contribution in [1.82, 2.24) is 0 Å². The van der Waals surface area contributed by atoms with Crippen LogP contribution < -0.4 is 4.90 Å². The highest BCUT2D eigenvalue weighted by Crippen LogP contribution is 2.46. The average molecular weight is 807 g/mol. The third-order valence-electron chi connectivity index (χ3n) is 11.2. The largest absolute Gasteiger partial charge is 0.455 e. The molecule has 0 radical (unpaired) electrons. The first-order valence-corrected chi connectivity index (χ1v) is 19.9. The number of fused-ring (bicyclic) bond motifs is 8. The lowest BCUT2D eigenvalue weighted by Gasteiger charge is -2.28. The van der Waals surface area contributed by atoms with E-state index in [1.165, 1.54) is 4.90 Å². The maximum atomic E-state index is 9.96. The fourth-order valence-electron chi connectivity index (χ4n) is 8.32. The van der Waals surface area contributed by atoms with E-state index in [0.29, 0.717) is 38.6 Å². The Balaban J connectivity index is 1.15. The predicted molar refractivity (Wildman–Crippen MR) is 263 cm³/mol. The second-order valence-corrected chi connectivity index (χ2v) is 14.7. The van der Waals surface area contributed by atoms with Crippen molar-refractivity contribution in [3.63, 3.8) is 0 Å². The van der Waals surface area contributed by atoms with Gasteiger partial charge in [-0.2, -0.15) is 0 Å². The Hall–Kier alpha value is -8.20. The molecule has 62 heavy (non-hydrogen) atoms. The van der Waals surface area contributed by atoms with Crippen LogP contribution >= 0.6 is 0 Å². The third-order valence-corrected chi connectivity index (χ3v) is 11.2. The van der Waals surface area contributed by atoms with Crippen molar-refractivity contribution in [2.45, 2.75) is 0 Å². The molecule has 2 nitrogen and oxygen atoms in total. The highest BCUT2D eigenvalue weighted by Gasteiger charge is 2.21. The van der Waals surface area contributed by atoms with Crippen LogP contribution in [-0.4, -0.2) is 0 Å². The number of rotatable bonds is 7. The normalized spacial score (nSPS) is 15.4. The summed E-state index contributed by atoms with van der Waals surface area (Å²) in [6.07, 6.45) is 0. The molecule has 0 aliphatic heterocycles. The van der Waals surface area contributed by atoms with E-state index in [2.05, 4.69) is 0 Å². The zero-order valence-corrected chi connectivity index (χ0v) is 32.6. The van der Waals surface area contributed by atoms with Gasteiger partial charge >= 0.3 is 0 Å². The molecular formula is C60H39NO. The molecule has 0 unspecified atom stereocenters. The number of anilines is 3. The lowest BCUT2D eigenvalue weighted by atomic mass is 9.93. The minimum absolute atomic E-state index is 0.0268. The van der Waals surface area contributed by atoms with E-state index in [0.717, 1.165) is 32.3 Å². The molecule has 0 N–H and O–H groups in total. The Morgan fingerprint density at radius 1 is 0.355 bits per heavy atom. The first-order valence-electron chi connectivity index (χ1n) is 28.4. The Bertz CT molecular complexity index is 4550. The topological polar surface area (TPSA) is 16.4 Å². The van der Waals surface area contributed by atoms with E-state index < -0.39 is 136 Å². The second-order valence-electron chi connectivity index (χ2n) is 14.7. The molecule has 12 rings (SSSR count). The van der Waals surface area contributed by atoms with Crippen LogP contribution in [0.15, 0.2) is 241 Å². The van der Waals surface area contributed by atoms with Gasteiger partial charge in [-0.3, -0.25) is 0 Å². The minimum Gasteiger partial charge on any atom is -0.455 e. The van der Waals surface area contributed by atoms with Gasteiger partial charge in [-0.15, -0.1) is 0 Å². The SMILES string of the molecule is [2H]c1c([2H])c([2H])c(-c2c([2H])c([2H])c(-c3c([2H])c([2H])c(N(c4ccccc4-c4cccc5oc6c7ccccc7ccc6c45)c4c([2H])c([2H])c(-c5cc6ccccc6c6ccccc56)c([2H])c4[2H])c([2H])c3[2H])c([2H])c2[2H])c([2H])c1[2H]. The summed E-state index contributed by atoms with van der Waals surface area (Å²) < 4.78 is 163. The summed E-state index contributed by atoms with van der Waals surface area (Å²) in [4.78, 5) is 1.18. The number of furan rings is 1. The van der Waals surface area contributed by atoms with E-state index in [1.807, 2.05) is 103 Å². The summed E-state index contributed by atoms with van der Waals surface area (Å²) in [6, 6.07) is 27.8. The van der Waals surface area contributed by atoms with Crippen LogP contribution in [0.5, 0.6) is 0 Å². The van der Waals surface area contributed by atoms with Crippen LogP contribution in [0.2, 0.25) is 0 Å². The van der Waals surface area contributed by atoms with Crippen molar-refractivity contribution in [3.8, 4) is 44.5 Å². The zero-order chi connectivity index (χ0) is 55.8. The molecule has 11 aromatic carbocycles. The summed E-state index contributed by atoms with van der Waals surface area (Å²) in [7, 11) is 0. The van der Waals surface area contributed by atoms with Crippen molar-refractivity contribution in [2.75, 3.05) is 4.90 Å². The minimum atomic E-state index is -0.886. The molecule has 290 valence electrons. The molecule has 0 bridgehead atoms. The molecule has 0 spiro atoms. The average Bonchev–Trinajstić information content (AvgIpc) is 4.07. The van der Waals surface area contributed by atoms with Crippen LogP contribution in [0.1, 0.15) is 23.3 Å². The molecule has 0 amide bonds. The first kappa shape index (κ1) is 22.4. The van der Waals surface area contributed by atoms with Gasteiger partial charge in [-0.25, -0.2) is 0 Å². The molecule has 1 aromatic heterocycles. The summed E-state index contributed by atoms with van der Waals surface area (Å²) in [5, 5.41) is 6.38. The van der Waals surface area contributed by atoms with E-state index in [1.54, 1.807) is 30.3 Å². The summed E-state index contributed by atoms with van der Waals surface area (Å²) in [5.74, 6) is 0. The van der Waals surface area contributed by atoms with Crippen molar-refractivity contribution in [1.29, 1.82) is 0 Å². The molecule has 0 fully saturated rings. The zero-order valence-electron chi connectivity index (χ0n) is 49.6. The second kappa shape index (κ2) is 14.8. The van der Waals surface area contributed by atoms with Crippen LogP contribution in [0.3, 0.4) is 0 Å². The lowest BCUT2D eigenvalue weighted by Crippen LogP contribution is -2.11. The van der Waals surface area contributed by atoms with E-state index >= 15 is 0 Å². The predicted octanol–water partition coefficient (Wildman–Crippen LogP) is 17.2. The van der Waals surface area contributed by atoms with Crippen LogP contribution in [0.4, 0.5) is 17.1 Å². The van der Waals surface area contributed by atoms with Gasteiger partial charge in [0.25, 0.3) is 0 Å². The molecule has 0 saturated heterocycles. The Kier molecular flexibility index (Phi) is 5.36. The van der Waals surface area contributed by atoms with Crippen LogP contribution in [-0.2, 0) is 0 Å². The van der Waals surface area contributed by atoms with Gasteiger partial charge in [0.2, 0.25) is 0 Å². The molecule has 12 aromatic rings. The van der Waals surface area contributed by atoms with E-state index in [-0.39, 0.29) is 11.3 Å². The van der Waals surface area contributed by atoms with Crippen molar-refractivity contribution in [3.05, 3.63) is 236 Å². The molecular weight excluding hydrogens is 751 g/mol.